The molecular formula is C13H24N4. The third kappa shape index (κ3) is 3.07. The summed E-state index contributed by atoms with van der Waals surface area (Å²) >= 11 is 0. The van der Waals surface area contributed by atoms with Crippen molar-refractivity contribution in [3.63, 3.8) is 0 Å². The molecule has 4 heteroatoms. The van der Waals surface area contributed by atoms with Crippen LogP contribution < -0.4 is 5.32 Å². The molecule has 0 bridgehead atoms. The Hall–Kier alpha value is -0.870. The molecule has 1 atom stereocenters. The van der Waals surface area contributed by atoms with E-state index >= 15 is 0 Å². The molecule has 0 amide bonds. The lowest BCUT2D eigenvalue weighted by Gasteiger charge is -2.45. The van der Waals surface area contributed by atoms with Gasteiger partial charge in [-0.3, -0.25) is 4.90 Å². The maximum atomic E-state index is 4.07. The molecule has 1 aromatic heterocycles. The first kappa shape index (κ1) is 12.6. The Balaban J connectivity index is 1.80. The first-order chi connectivity index (χ1) is 8.24. The molecule has 1 aromatic rings. The zero-order valence-electron chi connectivity index (χ0n) is 11.0. The number of aromatic nitrogens is 2. The van der Waals surface area contributed by atoms with Gasteiger partial charge in [0.05, 0.1) is 6.33 Å². The Morgan fingerprint density at radius 2 is 2.29 bits per heavy atom. The van der Waals surface area contributed by atoms with E-state index in [-0.39, 0.29) is 0 Å². The van der Waals surface area contributed by atoms with Crippen LogP contribution in [0.3, 0.4) is 0 Å². The largest absolute Gasteiger partial charge is 0.337 e. The molecular weight excluding hydrogens is 212 g/mol. The smallest absolute Gasteiger partial charge is 0.0945 e. The van der Waals surface area contributed by atoms with E-state index in [2.05, 4.69) is 33.6 Å². The van der Waals surface area contributed by atoms with Gasteiger partial charge in [0.2, 0.25) is 0 Å². The van der Waals surface area contributed by atoms with Gasteiger partial charge in [0.25, 0.3) is 0 Å². The van der Waals surface area contributed by atoms with E-state index in [1.54, 1.807) is 0 Å². The first-order valence-corrected chi connectivity index (χ1v) is 6.66. The van der Waals surface area contributed by atoms with Gasteiger partial charge in [-0.2, -0.15) is 0 Å². The summed E-state index contributed by atoms with van der Waals surface area (Å²) in [4.78, 5) is 6.71. The van der Waals surface area contributed by atoms with Crippen molar-refractivity contribution in [1.82, 2.24) is 19.8 Å². The van der Waals surface area contributed by atoms with Gasteiger partial charge in [0.1, 0.15) is 0 Å². The number of nitrogens with zero attached hydrogens (tertiary/aromatic N) is 3. The molecule has 0 radical (unpaired) electrons. The summed E-state index contributed by atoms with van der Waals surface area (Å²) in [7, 11) is 0. The molecule has 0 aromatic carbocycles. The molecule has 0 aliphatic carbocycles. The molecule has 1 N–H and O–H groups in total. The lowest BCUT2D eigenvalue weighted by Crippen LogP contribution is -2.59. The summed E-state index contributed by atoms with van der Waals surface area (Å²) in [6.07, 6.45) is 8.20. The van der Waals surface area contributed by atoms with Crippen molar-refractivity contribution < 1.29 is 0 Å². The molecule has 0 spiro atoms. The van der Waals surface area contributed by atoms with Gasteiger partial charge in [-0.15, -0.1) is 0 Å². The van der Waals surface area contributed by atoms with E-state index in [4.69, 9.17) is 0 Å². The van der Waals surface area contributed by atoms with E-state index in [0.717, 1.165) is 19.6 Å². The predicted octanol–water partition coefficient (Wildman–Crippen LogP) is 1.35. The summed E-state index contributed by atoms with van der Waals surface area (Å²) in [5.41, 5.74) is 0.340. The molecule has 0 saturated carbocycles. The minimum absolute atomic E-state index is 0.340. The second-order valence-electron chi connectivity index (χ2n) is 5.17. The summed E-state index contributed by atoms with van der Waals surface area (Å²) in [5.74, 6) is 0. The summed E-state index contributed by atoms with van der Waals surface area (Å²) in [6, 6.07) is 0. The highest BCUT2D eigenvalue weighted by molar-refractivity contribution is 4.91. The quantitative estimate of drug-likeness (QED) is 0.837. The topological polar surface area (TPSA) is 33.1 Å². The Morgan fingerprint density at radius 1 is 1.41 bits per heavy atom. The van der Waals surface area contributed by atoms with Crippen molar-refractivity contribution in [2.24, 2.45) is 0 Å². The normalized spacial score (nSPS) is 26.2. The van der Waals surface area contributed by atoms with E-state index in [1.165, 1.54) is 25.9 Å². The van der Waals surface area contributed by atoms with Gasteiger partial charge < -0.3 is 9.88 Å². The highest BCUT2D eigenvalue weighted by Gasteiger charge is 2.31. The molecule has 4 nitrogen and oxygen atoms in total. The lowest BCUT2D eigenvalue weighted by molar-refractivity contribution is 0.0691. The maximum absolute atomic E-state index is 4.07. The van der Waals surface area contributed by atoms with Crippen LogP contribution in [0.15, 0.2) is 18.7 Å². The molecule has 1 unspecified atom stereocenters. The summed E-state index contributed by atoms with van der Waals surface area (Å²) in [6.45, 7) is 10.3. The lowest BCUT2D eigenvalue weighted by atomic mass is 9.94. The molecule has 1 aliphatic rings. The third-order valence-electron chi connectivity index (χ3n) is 3.99. The van der Waals surface area contributed by atoms with Crippen molar-refractivity contribution in [2.75, 3.05) is 26.2 Å². The molecule has 17 heavy (non-hydrogen) atoms. The number of hydrogen-bond donors (Lipinski definition) is 1. The van der Waals surface area contributed by atoms with Crippen LogP contribution in [0.4, 0.5) is 0 Å². The van der Waals surface area contributed by atoms with Crippen LogP contribution >= 0.6 is 0 Å². The Morgan fingerprint density at radius 3 is 3.00 bits per heavy atom. The van der Waals surface area contributed by atoms with E-state index in [1.807, 2.05) is 18.7 Å². The zero-order chi connectivity index (χ0) is 12.1. The van der Waals surface area contributed by atoms with E-state index < -0.39 is 0 Å². The highest BCUT2D eigenvalue weighted by Crippen LogP contribution is 2.21. The Kier molecular flexibility index (Phi) is 4.18. The van der Waals surface area contributed by atoms with Gasteiger partial charge in [-0.05, 0) is 19.8 Å². The molecule has 1 fully saturated rings. The molecule has 1 saturated heterocycles. The standard InChI is InChI=1S/C13H24N4/c1-3-13(2)11-14-6-10-17(13)8-4-7-16-9-5-15-12-16/h5,9,12,14H,3-4,6-8,10-11H2,1-2H3. The summed E-state index contributed by atoms with van der Waals surface area (Å²) in [5, 5.41) is 3.50. The zero-order valence-corrected chi connectivity index (χ0v) is 11.0. The number of piperazine rings is 1. The fraction of sp³-hybridized carbons (Fsp3) is 0.769. The van der Waals surface area contributed by atoms with Crippen molar-refractivity contribution in [2.45, 2.75) is 38.8 Å². The Labute approximate surface area is 104 Å². The van der Waals surface area contributed by atoms with Crippen LogP contribution in [-0.4, -0.2) is 46.2 Å². The van der Waals surface area contributed by atoms with Gasteiger partial charge in [0.15, 0.2) is 0 Å². The fourth-order valence-electron chi connectivity index (χ4n) is 2.55. The van der Waals surface area contributed by atoms with Gasteiger partial charge in [-0.1, -0.05) is 6.92 Å². The number of hydrogen-bond acceptors (Lipinski definition) is 3. The van der Waals surface area contributed by atoms with Crippen LogP contribution in [0.1, 0.15) is 26.7 Å². The number of imidazole rings is 1. The molecule has 2 rings (SSSR count). The van der Waals surface area contributed by atoms with Crippen LogP contribution in [-0.2, 0) is 6.54 Å². The van der Waals surface area contributed by atoms with Crippen LogP contribution in [0, 0.1) is 0 Å². The number of nitrogens with one attached hydrogen (secondary N) is 1. The van der Waals surface area contributed by atoms with Gasteiger partial charge in [-0.25, -0.2) is 4.98 Å². The van der Waals surface area contributed by atoms with E-state index in [9.17, 15) is 0 Å². The number of aryl methyl sites for hydroxylation is 1. The van der Waals surface area contributed by atoms with Gasteiger partial charge in [0, 0.05) is 50.7 Å². The molecule has 96 valence electrons. The monoisotopic (exact) mass is 236 g/mol. The third-order valence-corrected chi connectivity index (χ3v) is 3.99. The minimum Gasteiger partial charge on any atom is -0.337 e. The maximum Gasteiger partial charge on any atom is 0.0945 e. The number of rotatable bonds is 5. The van der Waals surface area contributed by atoms with Crippen LogP contribution in [0.25, 0.3) is 0 Å². The summed E-state index contributed by atoms with van der Waals surface area (Å²) < 4.78 is 2.16. The molecule has 2 heterocycles. The average molecular weight is 236 g/mol. The van der Waals surface area contributed by atoms with E-state index in [0.29, 0.717) is 5.54 Å². The van der Waals surface area contributed by atoms with Crippen LogP contribution in [0.5, 0.6) is 0 Å². The highest BCUT2D eigenvalue weighted by atomic mass is 15.3. The van der Waals surface area contributed by atoms with Crippen molar-refractivity contribution >= 4 is 0 Å². The predicted molar refractivity (Wildman–Crippen MR) is 70.0 cm³/mol. The second-order valence-corrected chi connectivity index (χ2v) is 5.17. The Bertz CT molecular complexity index is 322. The average Bonchev–Trinajstić information content (AvgIpc) is 2.85. The van der Waals surface area contributed by atoms with Crippen molar-refractivity contribution in [3.8, 4) is 0 Å². The van der Waals surface area contributed by atoms with Crippen molar-refractivity contribution in [3.05, 3.63) is 18.7 Å². The first-order valence-electron chi connectivity index (χ1n) is 6.66. The molecule has 1 aliphatic heterocycles. The SMILES string of the molecule is CCC1(C)CNCCN1CCCn1ccnc1. The second kappa shape index (κ2) is 5.65. The van der Waals surface area contributed by atoms with Crippen molar-refractivity contribution in [1.29, 1.82) is 0 Å². The fourth-order valence-corrected chi connectivity index (χ4v) is 2.55. The van der Waals surface area contributed by atoms with Gasteiger partial charge >= 0.3 is 0 Å². The van der Waals surface area contributed by atoms with Crippen LogP contribution in [0.2, 0.25) is 0 Å². The minimum atomic E-state index is 0.340.